The minimum absolute atomic E-state index is 0.0299. The second-order valence-electron chi connectivity index (χ2n) is 8.61. The van der Waals surface area contributed by atoms with Crippen molar-refractivity contribution < 1.29 is 23.4 Å². The monoisotopic (exact) mass is 512 g/mol. The van der Waals surface area contributed by atoms with E-state index in [1.165, 1.54) is 19.2 Å². The first kappa shape index (κ1) is 26.4. The van der Waals surface area contributed by atoms with Crippen LogP contribution in [0.2, 0.25) is 0 Å². The molecule has 3 N–H and O–H groups in total. The fourth-order valence-corrected chi connectivity index (χ4v) is 4.02. The molecular formula is C26H30F2N6O3. The Morgan fingerprint density at radius 3 is 2.65 bits per heavy atom. The molecule has 0 saturated carbocycles. The first-order chi connectivity index (χ1) is 17.8. The van der Waals surface area contributed by atoms with Gasteiger partial charge in [-0.15, -0.1) is 0 Å². The summed E-state index contributed by atoms with van der Waals surface area (Å²) in [6.45, 7) is 5.83. The Morgan fingerprint density at radius 2 is 1.92 bits per heavy atom. The number of anilines is 3. The van der Waals surface area contributed by atoms with Crippen molar-refractivity contribution in [2.75, 3.05) is 55.0 Å². The van der Waals surface area contributed by atoms with Gasteiger partial charge in [-0.3, -0.25) is 9.78 Å². The van der Waals surface area contributed by atoms with Crippen molar-refractivity contribution in [3.05, 3.63) is 59.7 Å². The number of nitrogens with zero attached hydrogens (tertiary/aromatic N) is 4. The van der Waals surface area contributed by atoms with E-state index in [0.29, 0.717) is 50.2 Å². The topological polar surface area (TPSA) is 112 Å². The molecule has 0 bridgehead atoms. The van der Waals surface area contributed by atoms with Crippen LogP contribution in [0.25, 0.3) is 11.1 Å². The molecule has 1 saturated heterocycles. The van der Waals surface area contributed by atoms with Gasteiger partial charge in [-0.1, -0.05) is 6.92 Å². The minimum Gasteiger partial charge on any atom is -0.395 e. The Morgan fingerprint density at radius 1 is 1.16 bits per heavy atom. The van der Waals surface area contributed by atoms with E-state index in [0.717, 1.165) is 22.9 Å². The third-order valence-corrected chi connectivity index (χ3v) is 6.08. The highest BCUT2D eigenvalue weighted by Gasteiger charge is 2.31. The highest BCUT2D eigenvalue weighted by molar-refractivity contribution is 6.06. The molecule has 0 aliphatic carbocycles. The maximum Gasteiger partial charge on any atom is 0.289 e. The lowest BCUT2D eigenvalue weighted by Gasteiger charge is -2.30. The summed E-state index contributed by atoms with van der Waals surface area (Å²) in [5.74, 6) is -2.49. The fourth-order valence-electron chi connectivity index (χ4n) is 4.02. The van der Waals surface area contributed by atoms with Gasteiger partial charge in [0.2, 0.25) is 0 Å². The zero-order valence-corrected chi connectivity index (χ0v) is 20.8. The summed E-state index contributed by atoms with van der Waals surface area (Å²) in [4.78, 5) is 28.1. The second kappa shape index (κ2) is 11.6. The van der Waals surface area contributed by atoms with Crippen LogP contribution in [0.4, 0.5) is 26.1 Å². The largest absolute Gasteiger partial charge is 0.395 e. The number of pyridine rings is 3. The number of hydrogen-bond acceptors (Lipinski definition) is 8. The molecule has 1 aliphatic heterocycles. The van der Waals surface area contributed by atoms with Crippen molar-refractivity contribution in [2.45, 2.75) is 26.2 Å². The van der Waals surface area contributed by atoms with E-state index in [1.54, 1.807) is 6.20 Å². The predicted molar refractivity (Wildman–Crippen MR) is 137 cm³/mol. The molecule has 0 aromatic carbocycles. The van der Waals surface area contributed by atoms with Gasteiger partial charge in [0.05, 0.1) is 25.5 Å². The molecule has 3 aromatic heterocycles. The van der Waals surface area contributed by atoms with Crippen LogP contribution < -0.4 is 15.5 Å². The number of aliphatic hydroxyl groups excluding tert-OH is 1. The van der Waals surface area contributed by atoms with Gasteiger partial charge >= 0.3 is 0 Å². The number of nitrogens with one attached hydrogen (secondary N) is 2. The molecule has 0 atom stereocenters. The highest BCUT2D eigenvalue weighted by atomic mass is 19.3. The Bertz CT molecular complexity index is 1250. The average Bonchev–Trinajstić information content (AvgIpc) is 2.93. The molecule has 9 nitrogen and oxygen atoms in total. The van der Waals surface area contributed by atoms with Crippen LogP contribution in [0.3, 0.4) is 0 Å². The van der Waals surface area contributed by atoms with E-state index in [-0.39, 0.29) is 12.2 Å². The SMILES string of the molecule is CCC(F)(F)c1cc(C(=O)Nc2cc(-c3ccnc(NCCO)c3)c(C)nc2N2CCOCC2)ccn1. The van der Waals surface area contributed by atoms with E-state index in [2.05, 4.69) is 20.6 Å². The van der Waals surface area contributed by atoms with Crippen LogP contribution in [0.15, 0.2) is 42.7 Å². The van der Waals surface area contributed by atoms with Gasteiger partial charge in [0.1, 0.15) is 11.5 Å². The summed E-state index contributed by atoms with van der Waals surface area (Å²) in [5, 5.41) is 15.0. The predicted octanol–water partition coefficient (Wildman–Crippen LogP) is 3.84. The molecule has 1 aliphatic rings. The van der Waals surface area contributed by atoms with Crippen LogP contribution in [-0.2, 0) is 10.7 Å². The lowest BCUT2D eigenvalue weighted by molar-refractivity contribution is -0.0128. The van der Waals surface area contributed by atoms with Crippen LogP contribution in [-0.4, -0.2) is 65.4 Å². The molecule has 0 unspecified atom stereocenters. The summed E-state index contributed by atoms with van der Waals surface area (Å²) < 4.78 is 33.9. The Kier molecular flexibility index (Phi) is 8.24. The smallest absolute Gasteiger partial charge is 0.289 e. The molecule has 4 heterocycles. The van der Waals surface area contributed by atoms with E-state index < -0.39 is 23.9 Å². The van der Waals surface area contributed by atoms with Gasteiger partial charge in [0.25, 0.3) is 11.8 Å². The van der Waals surface area contributed by atoms with Gasteiger partial charge in [0, 0.05) is 55.3 Å². The molecule has 4 rings (SSSR count). The number of rotatable bonds is 9. The number of morpholine rings is 1. The fraction of sp³-hybridized carbons (Fsp3) is 0.385. The van der Waals surface area contributed by atoms with Crippen LogP contribution >= 0.6 is 0 Å². The molecule has 37 heavy (non-hydrogen) atoms. The van der Waals surface area contributed by atoms with E-state index >= 15 is 0 Å². The summed E-state index contributed by atoms with van der Waals surface area (Å²) >= 11 is 0. The van der Waals surface area contributed by atoms with Crippen LogP contribution in [0.5, 0.6) is 0 Å². The van der Waals surface area contributed by atoms with Crippen molar-refractivity contribution >= 4 is 23.2 Å². The van der Waals surface area contributed by atoms with Gasteiger partial charge in [0.15, 0.2) is 5.82 Å². The Hall–Kier alpha value is -3.70. The van der Waals surface area contributed by atoms with Gasteiger partial charge < -0.3 is 25.4 Å². The first-order valence-electron chi connectivity index (χ1n) is 12.1. The zero-order chi connectivity index (χ0) is 26.4. The number of halogens is 2. The molecule has 0 spiro atoms. The van der Waals surface area contributed by atoms with Crippen LogP contribution in [0.1, 0.15) is 35.1 Å². The summed E-state index contributed by atoms with van der Waals surface area (Å²) in [7, 11) is 0. The van der Waals surface area contributed by atoms with Crippen molar-refractivity contribution in [2.24, 2.45) is 0 Å². The number of hydrogen-bond donors (Lipinski definition) is 3. The number of aromatic nitrogens is 3. The quantitative estimate of drug-likeness (QED) is 0.397. The van der Waals surface area contributed by atoms with Gasteiger partial charge in [-0.25, -0.2) is 9.97 Å². The molecule has 1 fully saturated rings. The van der Waals surface area contributed by atoms with E-state index in [4.69, 9.17) is 14.8 Å². The highest BCUT2D eigenvalue weighted by Crippen LogP contribution is 2.34. The van der Waals surface area contributed by atoms with Gasteiger partial charge in [-0.2, -0.15) is 8.78 Å². The average molecular weight is 513 g/mol. The molecule has 0 radical (unpaired) electrons. The van der Waals surface area contributed by atoms with Crippen molar-refractivity contribution in [3.63, 3.8) is 0 Å². The maximum atomic E-state index is 14.2. The van der Waals surface area contributed by atoms with Crippen molar-refractivity contribution in [3.8, 4) is 11.1 Å². The number of aryl methyl sites for hydroxylation is 1. The van der Waals surface area contributed by atoms with E-state index in [1.807, 2.05) is 30.0 Å². The zero-order valence-electron chi connectivity index (χ0n) is 20.8. The third-order valence-electron chi connectivity index (χ3n) is 6.08. The molecule has 1 amide bonds. The number of carbonyl (C=O) groups excluding carboxylic acids is 1. The van der Waals surface area contributed by atoms with E-state index in [9.17, 15) is 13.6 Å². The lowest BCUT2D eigenvalue weighted by Crippen LogP contribution is -2.37. The Labute approximate surface area is 213 Å². The molecular weight excluding hydrogens is 482 g/mol. The number of alkyl halides is 2. The number of ether oxygens (including phenoxy) is 1. The molecule has 196 valence electrons. The first-order valence-corrected chi connectivity index (χ1v) is 12.1. The summed E-state index contributed by atoms with van der Waals surface area (Å²) in [5.41, 5.74) is 2.42. The lowest BCUT2D eigenvalue weighted by atomic mass is 10.0. The third kappa shape index (κ3) is 6.17. The van der Waals surface area contributed by atoms with Crippen LogP contribution in [0, 0.1) is 6.92 Å². The number of aliphatic hydroxyl groups is 1. The van der Waals surface area contributed by atoms with Gasteiger partial charge in [-0.05, 0) is 42.8 Å². The normalized spacial score (nSPS) is 13.9. The van der Waals surface area contributed by atoms with Crippen molar-refractivity contribution in [1.29, 1.82) is 0 Å². The molecule has 3 aromatic rings. The second-order valence-corrected chi connectivity index (χ2v) is 8.61. The minimum atomic E-state index is -3.13. The summed E-state index contributed by atoms with van der Waals surface area (Å²) in [6, 6.07) is 8.03. The Balaban J connectivity index is 1.72. The standard InChI is InChI=1S/C26H30F2N6O3/c1-3-26(27,28)22-14-19(5-6-29-22)25(36)33-21-16-20(18-4-7-30-23(15-18)31-8-11-35)17(2)32-24(21)34-9-12-37-13-10-34/h4-7,14-16,35H,3,8-13H2,1-2H3,(H,30,31)(H,33,36). The van der Waals surface area contributed by atoms with Crippen molar-refractivity contribution in [1.82, 2.24) is 15.0 Å². The molecule has 11 heteroatoms. The number of amides is 1. The maximum absolute atomic E-state index is 14.2. The number of carbonyl (C=O) groups is 1. The summed E-state index contributed by atoms with van der Waals surface area (Å²) in [6.07, 6.45) is 2.45.